The predicted molar refractivity (Wildman–Crippen MR) is 65.4 cm³/mol. The monoisotopic (exact) mass is 242 g/mol. The van der Waals surface area contributed by atoms with Crippen LogP contribution in [0.1, 0.15) is 17.4 Å². The van der Waals surface area contributed by atoms with Gasteiger partial charge in [-0.05, 0) is 23.4 Å². The minimum absolute atomic E-state index is 0.0873. The van der Waals surface area contributed by atoms with Crippen molar-refractivity contribution in [2.75, 3.05) is 19.8 Å². The number of hydrogen-bond acceptors (Lipinski definition) is 4. The van der Waals surface area contributed by atoms with Crippen LogP contribution in [0.5, 0.6) is 0 Å². The largest absolute Gasteiger partial charge is 0.370 e. The van der Waals surface area contributed by atoms with Crippen molar-refractivity contribution in [1.29, 1.82) is 0 Å². The summed E-state index contributed by atoms with van der Waals surface area (Å²) in [5.74, 6) is -0.0936. The molecule has 1 aromatic rings. The van der Waals surface area contributed by atoms with Crippen molar-refractivity contribution in [2.24, 2.45) is 5.73 Å². The Morgan fingerprint density at radius 2 is 2.44 bits per heavy atom. The average Bonchev–Trinajstić information content (AvgIpc) is 2.74. The van der Waals surface area contributed by atoms with Gasteiger partial charge in [0.05, 0.1) is 13.2 Å². The van der Waals surface area contributed by atoms with Crippen molar-refractivity contribution in [3.05, 3.63) is 21.9 Å². The molecule has 0 aliphatic carbocycles. The molecule has 1 amide bonds. The van der Waals surface area contributed by atoms with E-state index >= 15 is 0 Å². The molecule has 4 nitrogen and oxygen atoms in total. The maximum Gasteiger partial charge on any atom is 0.246 e. The lowest BCUT2D eigenvalue weighted by Crippen LogP contribution is -2.28. The molecule has 0 saturated carbocycles. The van der Waals surface area contributed by atoms with E-state index in [1.807, 2.05) is 5.38 Å². The van der Waals surface area contributed by atoms with Crippen LogP contribution in [0.3, 0.4) is 0 Å². The first-order valence-electron chi connectivity index (χ1n) is 5.37. The topological polar surface area (TPSA) is 64.3 Å². The second-order valence-corrected chi connectivity index (χ2v) is 4.34. The number of rotatable bonds is 7. The van der Waals surface area contributed by atoms with E-state index in [-0.39, 0.29) is 12.5 Å². The minimum atomic E-state index is -0.0936. The number of nitrogens with one attached hydrogen (secondary N) is 1. The van der Waals surface area contributed by atoms with Crippen LogP contribution >= 0.6 is 11.3 Å². The van der Waals surface area contributed by atoms with Gasteiger partial charge in [0, 0.05) is 11.4 Å². The fraction of sp³-hybridized carbons (Fsp3) is 0.545. The second kappa shape index (κ2) is 7.38. The summed E-state index contributed by atoms with van der Waals surface area (Å²) in [6.45, 7) is 3.65. The number of ether oxygens (including phenoxy) is 1. The minimum Gasteiger partial charge on any atom is -0.370 e. The standard InChI is InChI=1S/C11H18N2O2S/c1-2-9-3-6-16-10(9)7-13-11(14)8-15-5-4-12/h3,6H,2,4-5,7-8,12H2,1H3,(H,13,14). The fourth-order valence-electron chi connectivity index (χ4n) is 1.32. The second-order valence-electron chi connectivity index (χ2n) is 3.34. The Morgan fingerprint density at radius 1 is 1.62 bits per heavy atom. The first kappa shape index (κ1) is 13.2. The Kier molecular flexibility index (Phi) is 6.07. The molecule has 3 N–H and O–H groups in total. The van der Waals surface area contributed by atoms with E-state index < -0.39 is 0 Å². The van der Waals surface area contributed by atoms with E-state index in [2.05, 4.69) is 18.3 Å². The number of aryl methyl sites for hydroxylation is 1. The molecule has 0 atom stereocenters. The lowest BCUT2D eigenvalue weighted by molar-refractivity contribution is -0.125. The van der Waals surface area contributed by atoms with Crippen LogP contribution in [0.4, 0.5) is 0 Å². The Bertz CT molecular complexity index is 326. The van der Waals surface area contributed by atoms with E-state index in [1.165, 1.54) is 10.4 Å². The Morgan fingerprint density at radius 3 is 3.12 bits per heavy atom. The molecular weight excluding hydrogens is 224 g/mol. The summed E-state index contributed by atoms with van der Waals surface area (Å²) in [7, 11) is 0. The van der Waals surface area contributed by atoms with E-state index in [0.717, 1.165) is 6.42 Å². The highest BCUT2D eigenvalue weighted by atomic mass is 32.1. The summed E-state index contributed by atoms with van der Waals surface area (Å²) in [5.41, 5.74) is 6.55. The average molecular weight is 242 g/mol. The lowest BCUT2D eigenvalue weighted by atomic mass is 10.2. The Balaban J connectivity index is 2.26. The van der Waals surface area contributed by atoms with Crippen LogP contribution < -0.4 is 11.1 Å². The van der Waals surface area contributed by atoms with E-state index in [0.29, 0.717) is 19.7 Å². The summed E-state index contributed by atoms with van der Waals surface area (Å²) in [4.78, 5) is 12.6. The van der Waals surface area contributed by atoms with Crippen molar-refractivity contribution in [3.63, 3.8) is 0 Å². The summed E-state index contributed by atoms with van der Waals surface area (Å²) in [6, 6.07) is 2.09. The quantitative estimate of drug-likeness (QED) is 0.698. The molecule has 90 valence electrons. The molecule has 1 heterocycles. The van der Waals surface area contributed by atoms with Crippen molar-refractivity contribution >= 4 is 17.2 Å². The number of carbonyl (C=O) groups excluding carboxylic acids is 1. The van der Waals surface area contributed by atoms with Gasteiger partial charge in [-0.1, -0.05) is 6.92 Å². The van der Waals surface area contributed by atoms with Crippen molar-refractivity contribution < 1.29 is 9.53 Å². The van der Waals surface area contributed by atoms with Crippen LogP contribution in [0.2, 0.25) is 0 Å². The Hall–Kier alpha value is -0.910. The summed E-state index contributed by atoms with van der Waals surface area (Å²) in [6.07, 6.45) is 0.998. The molecule has 0 radical (unpaired) electrons. The van der Waals surface area contributed by atoms with Crippen LogP contribution in [0, 0.1) is 0 Å². The number of carbonyl (C=O) groups is 1. The van der Waals surface area contributed by atoms with Crippen LogP contribution in [0.15, 0.2) is 11.4 Å². The normalized spacial score (nSPS) is 10.4. The van der Waals surface area contributed by atoms with Gasteiger partial charge in [0.15, 0.2) is 0 Å². The Labute approximate surface area is 99.8 Å². The van der Waals surface area contributed by atoms with Gasteiger partial charge < -0.3 is 15.8 Å². The van der Waals surface area contributed by atoms with Gasteiger partial charge in [0.2, 0.25) is 5.91 Å². The van der Waals surface area contributed by atoms with E-state index in [9.17, 15) is 4.79 Å². The molecule has 0 fully saturated rings. The molecule has 0 saturated heterocycles. The molecule has 16 heavy (non-hydrogen) atoms. The van der Waals surface area contributed by atoms with Crippen molar-refractivity contribution in [2.45, 2.75) is 19.9 Å². The zero-order valence-corrected chi connectivity index (χ0v) is 10.3. The smallest absolute Gasteiger partial charge is 0.246 e. The third kappa shape index (κ3) is 4.30. The van der Waals surface area contributed by atoms with Crippen LogP contribution in [0.25, 0.3) is 0 Å². The van der Waals surface area contributed by atoms with Crippen LogP contribution in [-0.4, -0.2) is 25.7 Å². The van der Waals surface area contributed by atoms with Gasteiger partial charge in [-0.2, -0.15) is 0 Å². The highest BCUT2D eigenvalue weighted by Crippen LogP contribution is 2.16. The van der Waals surface area contributed by atoms with Gasteiger partial charge >= 0.3 is 0 Å². The molecule has 0 aliphatic rings. The van der Waals surface area contributed by atoms with Crippen LogP contribution in [-0.2, 0) is 22.5 Å². The van der Waals surface area contributed by atoms with Crippen molar-refractivity contribution in [3.8, 4) is 0 Å². The maximum absolute atomic E-state index is 11.3. The van der Waals surface area contributed by atoms with Gasteiger partial charge in [-0.25, -0.2) is 0 Å². The predicted octanol–water partition coefficient (Wildman–Crippen LogP) is 0.902. The number of nitrogens with two attached hydrogens (primary N) is 1. The zero-order chi connectivity index (χ0) is 11.8. The molecule has 0 unspecified atom stereocenters. The summed E-state index contributed by atoms with van der Waals surface area (Å²) < 4.78 is 5.04. The fourth-order valence-corrected chi connectivity index (χ4v) is 2.23. The summed E-state index contributed by atoms with van der Waals surface area (Å²) >= 11 is 1.67. The third-order valence-electron chi connectivity index (χ3n) is 2.16. The molecule has 0 aliphatic heterocycles. The zero-order valence-electron chi connectivity index (χ0n) is 9.49. The van der Waals surface area contributed by atoms with Gasteiger partial charge in [-0.3, -0.25) is 4.79 Å². The van der Waals surface area contributed by atoms with Gasteiger partial charge in [-0.15, -0.1) is 11.3 Å². The van der Waals surface area contributed by atoms with E-state index in [1.54, 1.807) is 11.3 Å². The first-order chi connectivity index (χ1) is 7.77. The van der Waals surface area contributed by atoms with Gasteiger partial charge in [0.25, 0.3) is 0 Å². The molecule has 0 aromatic carbocycles. The highest BCUT2D eigenvalue weighted by Gasteiger charge is 2.05. The SMILES string of the molecule is CCc1ccsc1CNC(=O)COCCN. The first-order valence-corrected chi connectivity index (χ1v) is 6.25. The molecule has 1 rings (SSSR count). The molecule has 5 heteroatoms. The molecule has 0 bridgehead atoms. The van der Waals surface area contributed by atoms with E-state index in [4.69, 9.17) is 10.5 Å². The third-order valence-corrected chi connectivity index (χ3v) is 3.12. The number of amides is 1. The highest BCUT2D eigenvalue weighted by molar-refractivity contribution is 7.10. The summed E-state index contributed by atoms with van der Waals surface area (Å²) in [5, 5.41) is 4.87. The lowest BCUT2D eigenvalue weighted by Gasteiger charge is -2.05. The molecular formula is C11H18N2O2S. The molecule has 1 aromatic heterocycles. The molecule has 0 spiro atoms. The number of thiophene rings is 1. The maximum atomic E-state index is 11.3. The number of hydrogen-bond donors (Lipinski definition) is 2. The van der Waals surface area contributed by atoms with Crippen molar-refractivity contribution in [1.82, 2.24) is 5.32 Å². The van der Waals surface area contributed by atoms with Gasteiger partial charge in [0.1, 0.15) is 6.61 Å².